The van der Waals surface area contributed by atoms with E-state index in [1.165, 1.54) is 18.4 Å². The molecule has 5 rings (SSSR count). The van der Waals surface area contributed by atoms with Gasteiger partial charge in [0.2, 0.25) is 10.0 Å². The Bertz CT molecular complexity index is 1470. The third kappa shape index (κ3) is 6.18. The Labute approximate surface area is 231 Å². The number of benzene rings is 3. The summed E-state index contributed by atoms with van der Waals surface area (Å²) in [5.74, 6) is 0.567. The average Bonchev–Trinajstić information content (AvgIpc) is 3.24. The lowest BCUT2D eigenvalue weighted by molar-refractivity contribution is -0.110. The van der Waals surface area contributed by atoms with Gasteiger partial charge >= 0.3 is 0 Å². The first kappa shape index (κ1) is 27.0. The van der Waals surface area contributed by atoms with Gasteiger partial charge in [0.15, 0.2) is 0 Å². The number of likely N-dealkylation sites (tertiary alicyclic amines) is 1. The molecule has 3 aromatic rings. The second-order valence-electron chi connectivity index (χ2n) is 10.8. The number of hydrogen-bond donors (Lipinski definition) is 3. The molecule has 1 fully saturated rings. The lowest BCUT2D eigenvalue weighted by Crippen LogP contribution is -2.32. The molecule has 1 saturated heterocycles. The molecular formula is C31H36N4O3S. The highest BCUT2D eigenvalue weighted by atomic mass is 32.2. The van der Waals surface area contributed by atoms with Crippen LogP contribution in [0.2, 0.25) is 0 Å². The normalized spacial score (nSPS) is 17.6. The summed E-state index contributed by atoms with van der Waals surface area (Å²) < 4.78 is 27.6. The molecule has 0 bridgehead atoms. The van der Waals surface area contributed by atoms with Crippen LogP contribution in [0.4, 0.5) is 17.1 Å². The molecule has 0 unspecified atom stereocenters. The van der Waals surface area contributed by atoms with Gasteiger partial charge in [-0.2, -0.15) is 0 Å². The van der Waals surface area contributed by atoms with Crippen molar-refractivity contribution in [1.29, 1.82) is 0 Å². The Morgan fingerprint density at radius 3 is 2.31 bits per heavy atom. The summed E-state index contributed by atoms with van der Waals surface area (Å²) in [5, 5.41) is 5.85. The van der Waals surface area contributed by atoms with Crippen molar-refractivity contribution in [3.63, 3.8) is 0 Å². The number of piperidine rings is 1. The van der Waals surface area contributed by atoms with Crippen LogP contribution in [0.1, 0.15) is 50.3 Å². The maximum Gasteiger partial charge on any atom is 0.258 e. The molecule has 0 spiro atoms. The molecule has 7 nitrogen and oxygen atoms in total. The van der Waals surface area contributed by atoms with Crippen molar-refractivity contribution in [2.45, 2.75) is 45.4 Å². The number of nitrogens with zero attached hydrogens (tertiary/aromatic N) is 1. The number of rotatable bonds is 8. The molecule has 0 aromatic heterocycles. The number of carbonyl (C=O) groups is 1. The summed E-state index contributed by atoms with van der Waals surface area (Å²) in [6.45, 7) is 8.78. The second-order valence-corrected chi connectivity index (χ2v) is 13.0. The van der Waals surface area contributed by atoms with E-state index in [2.05, 4.69) is 39.3 Å². The standard InChI is InChI=1S/C31H36N4O3S/c1-21(2)39(37,38)34-26-13-14-28-27(19-26)29(31(36)33-28)30(24-7-5-4-6-8-24)32-25-11-9-23(10-12-25)20-35-17-15-22(3)16-18-35/h4-14,19,21-22,32,34H,15-18,20H2,1-3H3,(H,33,36). The topological polar surface area (TPSA) is 90.5 Å². The predicted molar refractivity (Wildman–Crippen MR) is 160 cm³/mol. The molecule has 2 heterocycles. The summed E-state index contributed by atoms with van der Waals surface area (Å²) >= 11 is 0. The molecule has 3 aromatic carbocycles. The number of sulfonamides is 1. The van der Waals surface area contributed by atoms with Crippen molar-refractivity contribution >= 4 is 44.3 Å². The van der Waals surface area contributed by atoms with E-state index in [9.17, 15) is 13.2 Å². The van der Waals surface area contributed by atoms with Crippen LogP contribution in [0, 0.1) is 5.92 Å². The Balaban J connectivity index is 1.47. The number of anilines is 3. The quantitative estimate of drug-likeness (QED) is 0.303. The Kier molecular flexibility index (Phi) is 7.77. The van der Waals surface area contributed by atoms with Gasteiger partial charge in [0.25, 0.3) is 5.91 Å². The SMILES string of the molecule is CC1CCN(Cc2ccc(NC(=C3C(=O)Nc4ccc(NS(=O)(=O)C(C)C)cc43)c3ccccc3)cc2)CC1. The summed E-state index contributed by atoms with van der Waals surface area (Å²) in [7, 11) is -3.53. The van der Waals surface area contributed by atoms with Crippen LogP contribution in [0.5, 0.6) is 0 Å². The Hall–Kier alpha value is -3.62. The minimum absolute atomic E-state index is 0.240. The molecule has 0 aliphatic carbocycles. The number of carbonyl (C=O) groups excluding carboxylic acids is 1. The number of amides is 1. The molecular weight excluding hydrogens is 508 g/mol. The molecule has 3 N–H and O–H groups in total. The molecule has 0 atom stereocenters. The molecule has 204 valence electrons. The minimum atomic E-state index is -3.53. The van der Waals surface area contributed by atoms with E-state index in [-0.39, 0.29) is 5.91 Å². The fourth-order valence-corrected chi connectivity index (χ4v) is 5.65. The summed E-state index contributed by atoms with van der Waals surface area (Å²) in [4.78, 5) is 15.8. The highest BCUT2D eigenvalue weighted by Crippen LogP contribution is 2.39. The molecule has 2 aliphatic heterocycles. The lowest BCUT2D eigenvalue weighted by Gasteiger charge is -2.30. The van der Waals surface area contributed by atoms with Gasteiger partial charge in [-0.25, -0.2) is 8.42 Å². The number of fused-ring (bicyclic) bond motifs is 1. The number of hydrogen-bond acceptors (Lipinski definition) is 5. The van der Waals surface area contributed by atoms with Gasteiger partial charge in [0.05, 0.1) is 16.5 Å². The van der Waals surface area contributed by atoms with E-state index in [1.807, 2.05) is 42.5 Å². The van der Waals surface area contributed by atoms with Crippen molar-refractivity contribution in [3.05, 3.63) is 89.5 Å². The molecule has 0 saturated carbocycles. The van der Waals surface area contributed by atoms with Gasteiger partial charge in [0, 0.05) is 29.2 Å². The fraction of sp³-hybridized carbons (Fsp3) is 0.323. The first-order valence-electron chi connectivity index (χ1n) is 13.5. The second kappa shape index (κ2) is 11.2. The van der Waals surface area contributed by atoms with Crippen molar-refractivity contribution in [2.24, 2.45) is 5.92 Å². The molecule has 39 heavy (non-hydrogen) atoms. The highest BCUT2D eigenvalue weighted by molar-refractivity contribution is 7.93. The highest BCUT2D eigenvalue weighted by Gasteiger charge is 2.29. The van der Waals surface area contributed by atoms with Gasteiger partial charge in [-0.05, 0) is 87.2 Å². The van der Waals surface area contributed by atoms with Crippen molar-refractivity contribution in [1.82, 2.24) is 4.90 Å². The van der Waals surface area contributed by atoms with Crippen LogP contribution in [0.3, 0.4) is 0 Å². The molecule has 1 amide bonds. The van der Waals surface area contributed by atoms with E-state index < -0.39 is 15.3 Å². The van der Waals surface area contributed by atoms with Gasteiger partial charge in [-0.3, -0.25) is 14.4 Å². The number of nitrogens with one attached hydrogen (secondary N) is 3. The minimum Gasteiger partial charge on any atom is -0.354 e. The van der Waals surface area contributed by atoms with Gasteiger partial charge < -0.3 is 10.6 Å². The third-order valence-corrected chi connectivity index (χ3v) is 9.22. The van der Waals surface area contributed by atoms with Gasteiger partial charge in [-0.15, -0.1) is 0 Å². The zero-order valence-corrected chi connectivity index (χ0v) is 23.5. The fourth-order valence-electron chi connectivity index (χ4n) is 4.96. The van der Waals surface area contributed by atoms with Crippen LogP contribution >= 0.6 is 0 Å². The van der Waals surface area contributed by atoms with Crippen LogP contribution < -0.4 is 15.4 Å². The Morgan fingerprint density at radius 2 is 1.64 bits per heavy atom. The summed E-state index contributed by atoms with van der Waals surface area (Å²) in [6.07, 6.45) is 2.50. The van der Waals surface area contributed by atoms with Crippen LogP contribution in [-0.4, -0.2) is 37.6 Å². The van der Waals surface area contributed by atoms with Gasteiger partial charge in [0.1, 0.15) is 0 Å². The lowest BCUT2D eigenvalue weighted by atomic mass is 9.98. The van der Waals surface area contributed by atoms with E-state index in [4.69, 9.17) is 0 Å². The van der Waals surface area contributed by atoms with Crippen molar-refractivity contribution < 1.29 is 13.2 Å². The average molecular weight is 545 g/mol. The van der Waals surface area contributed by atoms with Crippen molar-refractivity contribution in [3.8, 4) is 0 Å². The van der Waals surface area contributed by atoms with E-state index in [0.29, 0.717) is 28.2 Å². The zero-order chi connectivity index (χ0) is 27.6. The maximum atomic E-state index is 13.3. The molecule has 8 heteroatoms. The largest absolute Gasteiger partial charge is 0.354 e. The van der Waals surface area contributed by atoms with Crippen LogP contribution in [0.15, 0.2) is 72.8 Å². The molecule has 0 radical (unpaired) electrons. The zero-order valence-electron chi connectivity index (χ0n) is 22.7. The summed E-state index contributed by atoms with van der Waals surface area (Å²) in [6, 6.07) is 23.2. The molecule has 2 aliphatic rings. The van der Waals surface area contributed by atoms with E-state index in [1.54, 1.807) is 32.0 Å². The van der Waals surface area contributed by atoms with Crippen molar-refractivity contribution in [2.75, 3.05) is 28.4 Å². The van der Waals surface area contributed by atoms with E-state index >= 15 is 0 Å². The predicted octanol–water partition coefficient (Wildman–Crippen LogP) is 6.00. The van der Waals surface area contributed by atoms with Crippen LogP contribution in [-0.2, 0) is 21.4 Å². The van der Waals surface area contributed by atoms with E-state index in [0.717, 1.165) is 36.8 Å². The third-order valence-electron chi connectivity index (χ3n) is 7.46. The summed E-state index contributed by atoms with van der Waals surface area (Å²) in [5.41, 5.74) is 5.82. The first-order valence-corrected chi connectivity index (χ1v) is 15.1. The maximum absolute atomic E-state index is 13.3. The van der Waals surface area contributed by atoms with Gasteiger partial charge in [-0.1, -0.05) is 49.4 Å². The Morgan fingerprint density at radius 1 is 0.974 bits per heavy atom. The smallest absolute Gasteiger partial charge is 0.258 e. The monoisotopic (exact) mass is 544 g/mol. The van der Waals surface area contributed by atoms with Crippen LogP contribution in [0.25, 0.3) is 11.3 Å². The first-order chi connectivity index (χ1) is 18.7.